The molecular formula is C13H12N6O. The summed E-state index contributed by atoms with van der Waals surface area (Å²) in [5.74, 6) is 0.593. The van der Waals surface area contributed by atoms with E-state index in [0.29, 0.717) is 18.1 Å². The molecule has 2 heterocycles. The van der Waals surface area contributed by atoms with Crippen LogP contribution < -0.4 is 0 Å². The molecule has 0 amide bonds. The largest absolute Gasteiger partial charge is 0.324 e. The van der Waals surface area contributed by atoms with Crippen molar-refractivity contribution in [2.75, 3.05) is 0 Å². The maximum Gasteiger partial charge on any atom is 0.204 e. The van der Waals surface area contributed by atoms with Crippen molar-refractivity contribution < 1.29 is 4.79 Å². The molecule has 0 radical (unpaired) electrons. The van der Waals surface area contributed by atoms with Gasteiger partial charge < -0.3 is 4.57 Å². The quantitative estimate of drug-likeness (QED) is 0.658. The molecule has 0 unspecified atom stereocenters. The Hall–Kier alpha value is -2.83. The number of hydrogen-bond donors (Lipinski definition) is 0. The van der Waals surface area contributed by atoms with Crippen LogP contribution in [0.5, 0.6) is 0 Å². The number of imidazole rings is 1. The summed E-state index contributed by atoms with van der Waals surface area (Å²) in [5, 5.41) is 11.9. The molecule has 100 valence electrons. The number of nitrogens with zero attached hydrogens (tertiary/aromatic N) is 6. The number of aromatic nitrogens is 6. The second-order valence-corrected chi connectivity index (χ2v) is 4.36. The van der Waals surface area contributed by atoms with E-state index in [0.717, 1.165) is 17.4 Å². The van der Waals surface area contributed by atoms with Crippen LogP contribution in [0.25, 0.3) is 11.4 Å². The van der Waals surface area contributed by atoms with Gasteiger partial charge in [-0.3, -0.25) is 4.79 Å². The fourth-order valence-corrected chi connectivity index (χ4v) is 1.92. The van der Waals surface area contributed by atoms with E-state index in [1.165, 1.54) is 4.80 Å². The Morgan fingerprint density at radius 2 is 2.05 bits per heavy atom. The van der Waals surface area contributed by atoms with E-state index in [1.807, 2.05) is 24.3 Å². The third-order valence-electron chi connectivity index (χ3n) is 2.94. The van der Waals surface area contributed by atoms with Crippen LogP contribution in [-0.4, -0.2) is 36.0 Å². The zero-order valence-corrected chi connectivity index (χ0v) is 10.8. The van der Waals surface area contributed by atoms with Gasteiger partial charge in [-0.05, 0) is 10.8 Å². The van der Waals surface area contributed by atoms with E-state index in [2.05, 4.69) is 20.4 Å². The number of carbonyl (C=O) groups is 1. The summed E-state index contributed by atoms with van der Waals surface area (Å²) < 4.78 is 1.79. The normalized spacial score (nSPS) is 10.7. The highest BCUT2D eigenvalue weighted by molar-refractivity contribution is 5.71. The monoisotopic (exact) mass is 268 g/mol. The lowest BCUT2D eigenvalue weighted by Crippen LogP contribution is -2.02. The number of carbonyl (C=O) groups excluding carboxylic acids is 1. The molecule has 0 spiro atoms. The molecule has 0 aliphatic rings. The Kier molecular flexibility index (Phi) is 3.08. The first-order chi connectivity index (χ1) is 9.76. The van der Waals surface area contributed by atoms with Crippen LogP contribution in [0, 0.1) is 0 Å². The number of rotatable bonds is 4. The second-order valence-electron chi connectivity index (χ2n) is 4.36. The van der Waals surface area contributed by atoms with Gasteiger partial charge in [0.05, 0.1) is 19.6 Å². The molecule has 2 aromatic heterocycles. The first-order valence-electron chi connectivity index (χ1n) is 6.05. The fourth-order valence-electron chi connectivity index (χ4n) is 1.92. The number of tetrazole rings is 1. The molecule has 0 bridgehead atoms. The van der Waals surface area contributed by atoms with Crippen molar-refractivity contribution in [1.82, 2.24) is 29.8 Å². The summed E-state index contributed by atoms with van der Waals surface area (Å²) in [6, 6.07) is 7.81. The van der Waals surface area contributed by atoms with Gasteiger partial charge in [0.2, 0.25) is 5.82 Å². The molecule has 0 atom stereocenters. The van der Waals surface area contributed by atoms with Crippen molar-refractivity contribution in [3.8, 4) is 11.4 Å². The summed E-state index contributed by atoms with van der Waals surface area (Å²) in [7, 11) is 1.73. The van der Waals surface area contributed by atoms with Gasteiger partial charge in [-0.2, -0.15) is 4.80 Å². The Balaban J connectivity index is 1.81. The summed E-state index contributed by atoms with van der Waals surface area (Å²) in [6.07, 6.45) is 3.98. The van der Waals surface area contributed by atoms with Crippen LogP contribution in [-0.2, 0) is 13.6 Å². The molecule has 0 aliphatic heterocycles. The lowest BCUT2D eigenvalue weighted by Gasteiger charge is -2.05. The van der Waals surface area contributed by atoms with E-state index < -0.39 is 0 Å². The van der Waals surface area contributed by atoms with Gasteiger partial charge in [-0.1, -0.05) is 24.3 Å². The van der Waals surface area contributed by atoms with E-state index in [4.69, 9.17) is 0 Å². The number of benzene rings is 1. The van der Waals surface area contributed by atoms with Crippen LogP contribution in [0.3, 0.4) is 0 Å². The van der Waals surface area contributed by atoms with Crippen LogP contribution in [0.15, 0.2) is 36.8 Å². The molecule has 0 saturated heterocycles. The minimum Gasteiger partial charge on any atom is -0.324 e. The lowest BCUT2D eigenvalue weighted by molar-refractivity contribution is 0.111. The third kappa shape index (κ3) is 2.33. The number of aldehydes is 1. The average molecular weight is 268 g/mol. The minimum atomic E-state index is 0.560. The van der Waals surface area contributed by atoms with Crippen molar-refractivity contribution in [1.29, 1.82) is 0 Å². The average Bonchev–Trinajstić information content (AvgIpc) is 3.08. The van der Waals surface area contributed by atoms with Gasteiger partial charge in [0, 0.05) is 12.1 Å². The maximum absolute atomic E-state index is 10.8. The molecule has 7 heteroatoms. The van der Waals surface area contributed by atoms with Crippen LogP contribution in [0.1, 0.15) is 16.1 Å². The molecular weight excluding hydrogens is 256 g/mol. The Labute approximate surface area is 114 Å². The van der Waals surface area contributed by atoms with Crippen molar-refractivity contribution in [3.63, 3.8) is 0 Å². The fraction of sp³-hybridized carbons (Fsp3) is 0.154. The molecule has 0 aliphatic carbocycles. The van der Waals surface area contributed by atoms with Crippen molar-refractivity contribution in [3.05, 3.63) is 48.0 Å². The smallest absolute Gasteiger partial charge is 0.204 e. The van der Waals surface area contributed by atoms with Crippen LogP contribution in [0.2, 0.25) is 0 Å². The van der Waals surface area contributed by atoms with Gasteiger partial charge in [0.25, 0.3) is 0 Å². The molecule has 7 nitrogen and oxygen atoms in total. The lowest BCUT2D eigenvalue weighted by atomic mass is 10.1. The molecule has 1 aromatic carbocycles. The summed E-state index contributed by atoms with van der Waals surface area (Å²) in [6.45, 7) is 0.599. The van der Waals surface area contributed by atoms with E-state index >= 15 is 0 Å². The molecule has 0 saturated carbocycles. The van der Waals surface area contributed by atoms with Crippen LogP contribution in [0.4, 0.5) is 0 Å². The van der Waals surface area contributed by atoms with E-state index in [1.54, 1.807) is 24.1 Å². The third-order valence-corrected chi connectivity index (χ3v) is 2.94. The first kappa shape index (κ1) is 12.2. The van der Waals surface area contributed by atoms with E-state index in [9.17, 15) is 4.79 Å². The summed E-state index contributed by atoms with van der Waals surface area (Å²) in [5.41, 5.74) is 2.53. The van der Waals surface area contributed by atoms with Crippen molar-refractivity contribution >= 4 is 6.29 Å². The number of aryl methyl sites for hydroxylation is 1. The zero-order chi connectivity index (χ0) is 13.9. The standard InChI is InChI=1S/C13H12N6O/c1-18-16-13(15-17-18)11-4-2-10(3-5-11)7-19-9-14-6-12(19)8-20/h2-6,8-9H,7H2,1H3. The van der Waals surface area contributed by atoms with Crippen LogP contribution >= 0.6 is 0 Å². The summed E-state index contributed by atoms with van der Waals surface area (Å²) >= 11 is 0. The topological polar surface area (TPSA) is 78.5 Å². The second kappa shape index (κ2) is 5.04. The minimum absolute atomic E-state index is 0.560. The van der Waals surface area contributed by atoms with Gasteiger partial charge >= 0.3 is 0 Å². The molecule has 20 heavy (non-hydrogen) atoms. The molecule has 3 rings (SSSR count). The zero-order valence-electron chi connectivity index (χ0n) is 10.8. The predicted octanol–water partition coefficient (Wildman–Crippen LogP) is 0.934. The molecule has 0 fully saturated rings. The first-order valence-corrected chi connectivity index (χ1v) is 6.05. The Morgan fingerprint density at radius 1 is 1.25 bits per heavy atom. The molecule has 3 aromatic rings. The highest BCUT2D eigenvalue weighted by atomic mass is 16.1. The molecule has 0 N–H and O–H groups in total. The van der Waals surface area contributed by atoms with Gasteiger partial charge in [0.15, 0.2) is 6.29 Å². The van der Waals surface area contributed by atoms with Crippen molar-refractivity contribution in [2.45, 2.75) is 6.54 Å². The van der Waals surface area contributed by atoms with Gasteiger partial charge in [-0.25, -0.2) is 4.98 Å². The summed E-state index contributed by atoms with van der Waals surface area (Å²) in [4.78, 5) is 16.2. The van der Waals surface area contributed by atoms with Gasteiger partial charge in [0.1, 0.15) is 5.69 Å². The maximum atomic E-state index is 10.8. The number of hydrogen-bond acceptors (Lipinski definition) is 5. The highest BCUT2D eigenvalue weighted by Crippen LogP contribution is 2.15. The predicted molar refractivity (Wildman–Crippen MR) is 71.0 cm³/mol. The van der Waals surface area contributed by atoms with Gasteiger partial charge in [-0.15, -0.1) is 10.2 Å². The Bertz CT molecular complexity index is 727. The highest BCUT2D eigenvalue weighted by Gasteiger charge is 2.05. The SMILES string of the molecule is Cn1nnc(-c2ccc(Cn3cncc3C=O)cc2)n1. The van der Waals surface area contributed by atoms with E-state index in [-0.39, 0.29) is 0 Å². The van der Waals surface area contributed by atoms with Crippen molar-refractivity contribution in [2.24, 2.45) is 7.05 Å². The Morgan fingerprint density at radius 3 is 2.70 bits per heavy atom.